The molecule has 1 amide bonds. The molecular formula is C18H31N3O. The van der Waals surface area contributed by atoms with Crippen LogP contribution in [0.4, 0.5) is 0 Å². The van der Waals surface area contributed by atoms with E-state index in [4.69, 9.17) is 5.73 Å². The third-order valence-corrected chi connectivity index (χ3v) is 3.76. The molecule has 2 N–H and O–H groups in total. The second-order valence-electron chi connectivity index (χ2n) is 6.29. The second kappa shape index (κ2) is 9.59. The molecule has 0 spiro atoms. The van der Waals surface area contributed by atoms with Gasteiger partial charge in [0.15, 0.2) is 0 Å². The molecule has 0 radical (unpaired) electrons. The molecule has 1 aromatic carbocycles. The predicted molar refractivity (Wildman–Crippen MR) is 92.8 cm³/mol. The summed E-state index contributed by atoms with van der Waals surface area (Å²) in [6.45, 7) is 10.9. The van der Waals surface area contributed by atoms with Crippen LogP contribution in [0.2, 0.25) is 0 Å². The van der Waals surface area contributed by atoms with Gasteiger partial charge in [-0.25, -0.2) is 0 Å². The number of carbonyl (C=O) groups is 1. The first kappa shape index (κ1) is 18.7. The van der Waals surface area contributed by atoms with E-state index in [2.05, 4.69) is 44.7 Å². The molecule has 124 valence electrons. The lowest BCUT2D eigenvalue weighted by molar-refractivity contribution is -0.136. The van der Waals surface area contributed by atoms with Gasteiger partial charge >= 0.3 is 0 Å². The van der Waals surface area contributed by atoms with Crippen LogP contribution in [0.5, 0.6) is 0 Å². The van der Waals surface area contributed by atoms with Crippen LogP contribution in [-0.2, 0) is 11.2 Å². The number of amides is 1. The summed E-state index contributed by atoms with van der Waals surface area (Å²) in [4.78, 5) is 16.7. The topological polar surface area (TPSA) is 49.6 Å². The van der Waals surface area contributed by atoms with E-state index in [1.54, 1.807) is 0 Å². The zero-order chi connectivity index (χ0) is 16.5. The molecule has 1 aromatic rings. The van der Waals surface area contributed by atoms with Crippen LogP contribution >= 0.6 is 0 Å². The molecule has 0 saturated carbocycles. The first-order valence-electron chi connectivity index (χ1n) is 8.23. The molecule has 0 fully saturated rings. The number of carbonyl (C=O) groups excluding carboxylic acids is 1. The molecule has 0 aliphatic rings. The van der Waals surface area contributed by atoms with Crippen molar-refractivity contribution in [3.05, 3.63) is 35.9 Å². The highest BCUT2D eigenvalue weighted by molar-refractivity contribution is 5.78. The minimum absolute atomic E-state index is 0.187. The summed E-state index contributed by atoms with van der Waals surface area (Å²) in [7, 11) is 0. The van der Waals surface area contributed by atoms with Gasteiger partial charge in [-0.05, 0) is 39.7 Å². The van der Waals surface area contributed by atoms with Crippen LogP contribution < -0.4 is 5.73 Å². The van der Waals surface area contributed by atoms with E-state index in [1.807, 2.05) is 23.1 Å². The fourth-order valence-electron chi connectivity index (χ4n) is 2.83. The maximum absolute atomic E-state index is 12.6. The number of hydrogen-bond donors (Lipinski definition) is 1. The lowest BCUT2D eigenvalue weighted by Gasteiger charge is -2.33. The van der Waals surface area contributed by atoms with E-state index in [0.29, 0.717) is 13.1 Å². The van der Waals surface area contributed by atoms with Crippen LogP contribution in [0, 0.1) is 0 Å². The van der Waals surface area contributed by atoms with Crippen LogP contribution in [0.3, 0.4) is 0 Å². The largest absolute Gasteiger partial charge is 0.337 e. The van der Waals surface area contributed by atoms with E-state index >= 15 is 0 Å². The maximum Gasteiger partial charge on any atom is 0.237 e. The standard InChI is InChI=1S/C18H31N3O/c1-15(2)21(16(3)4)18(22)14-20(13-11-19)12-10-17-8-6-5-7-9-17/h5-9,15-16H,10-14,19H2,1-4H3. The lowest BCUT2D eigenvalue weighted by atomic mass is 10.1. The van der Waals surface area contributed by atoms with Crippen molar-refractivity contribution in [2.45, 2.75) is 46.2 Å². The Morgan fingerprint density at radius 2 is 1.64 bits per heavy atom. The Morgan fingerprint density at radius 1 is 1.05 bits per heavy atom. The molecular weight excluding hydrogens is 274 g/mol. The van der Waals surface area contributed by atoms with Crippen molar-refractivity contribution < 1.29 is 4.79 Å². The summed E-state index contributed by atoms with van der Waals surface area (Å²) in [5, 5.41) is 0. The van der Waals surface area contributed by atoms with Crippen LogP contribution in [0.25, 0.3) is 0 Å². The third-order valence-electron chi connectivity index (χ3n) is 3.76. The third kappa shape index (κ3) is 6.16. The van der Waals surface area contributed by atoms with Gasteiger partial charge in [0, 0.05) is 31.7 Å². The Labute approximate surface area is 135 Å². The minimum Gasteiger partial charge on any atom is -0.337 e. The highest BCUT2D eigenvalue weighted by Crippen LogP contribution is 2.07. The Bertz CT molecular complexity index is 423. The zero-order valence-electron chi connectivity index (χ0n) is 14.5. The van der Waals surface area contributed by atoms with E-state index < -0.39 is 0 Å². The summed E-state index contributed by atoms with van der Waals surface area (Å²) >= 11 is 0. The highest BCUT2D eigenvalue weighted by Gasteiger charge is 2.21. The minimum atomic E-state index is 0.187. The van der Waals surface area contributed by atoms with Gasteiger partial charge in [0.1, 0.15) is 0 Å². The highest BCUT2D eigenvalue weighted by atomic mass is 16.2. The normalized spacial score (nSPS) is 11.5. The van der Waals surface area contributed by atoms with Gasteiger partial charge in [-0.1, -0.05) is 30.3 Å². The molecule has 0 bridgehead atoms. The van der Waals surface area contributed by atoms with Crippen molar-refractivity contribution in [3.8, 4) is 0 Å². The molecule has 4 nitrogen and oxygen atoms in total. The van der Waals surface area contributed by atoms with Crippen molar-refractivity contribution in [2.24, 2.45) is 5.73 Å². The quantitative estimate of drug-likeness (QED) is 0.760. The maximum atomic E-state index is 12.6. The number of benzene rings is 1. The van der Waals surface area contributed by atoms with Gasteiger partial charge in [0.2, 0.25) is 5.91 Å². The van der Waals surface area contributed by atoms with Gasteiger partial charge < -0.3 is 10.6 Å². The SMILES string of the molecule is CC(C)N(C(=O)CN(CCN)CCc1ccccc1)C(C)C. The zero-order valence-corrected chi connectivity index (χ0v) is 14.5. The van der Waals surface area contributed by atoms with Crippen molar-refractivity contribution >= 4 is 5.91 Å². The lowest BCUT2D eigenvalue weighted by Crippen LogP contribution is -2.48. The van der Waals surface area contributed by atoms with Crippen molar-refractivity contribution in [2.75, 3.05) is 26.2 Å². The fraction of sp³-hybridized carbons (Fsp3) is 0.611. The monoisotopic (exact) mass is 305 g/mol. The van der Waals surface area contributed by atoms with Crippen molar-refractivity contribution in [1.29, 1.82) is 0 Å². The average Bonchev–Trinajstić information content (AvgIpc) is 2.45. The van der Waals surface area contributed by atoms with Gasteiger partial charge in [0.05, 0.1) is 6.54 Å². The molecule has 0 aliphatic carbocycles. The number of hydrogen-bond acceptors (Lipinski definition) is 3. The molecule has 0 aromatic heterocycles. The van der Waals surface area contributed by atoms with Gasteiger partial charge in [0.25, 0.3) is 0 Å². The molecule has 0 heterocycles. The number of rotatable bonds is 9. The molecule has 4 heteroatoms. The van der Waals surface area contributed by atoms with E-state index in [9.17, 15) is 4.79 Å². The van der Waals surface area contributed by atoms with Gasteiger partial charge in [-0.3, -0.25) is 9.69 Å². The molecule has 0 saturated heterocycles. The first-order chi connectivity index (χ1) is 10.5. The fourth-order valence-corrected chi connectivity index (χ4v) is 2.83. The molecule has 22 heavy (non-hydrogen) atoms. The Hall–Kier alpha value is -1.39. The summed E-state index contributed by atoms with van der Waals surface area (Å²) < 4.78 is 0. The van der Waals surface area contributed by atoms with Crippen molar-refractivity contribution in [1.82, 2.24) is 9.80 Å². The second-order valence-corrected chi connectivity index (χ2v) is 6.29. The molecule has 0 atom stereocenters. The predicted octanol–water partition coefficient (Wildman–Crippen LogP) is 2.14. The number of nitrogens with zero attached hydrogens (tertiary/aromatic N) is 2. The average molecular weight is 305 g/mol. The Morgan fingerprint density at radius 3 is 2.14 bits per heavy atom. The molecule has 0 unspecified atom stereocenters. The summed E-state index contributed by atoms with van der Waals surface area (Å²) in [5.74, 6) is 0.187. The smallest absolute Gasteiger partial charge is 0.237 e. The van der Waals surface area contributed by atoms with Gasteiger partial charge in [-0.2, -0.15) is 0 Å². The summed E-state index contributed by atoms with van der Waals surface area (Å²) in [5.41, 5.74) is 7.00. The van der Waals surface area contributed by atoms with Gasteiger partial charge in [-0.15, -0.1) is 0 Å². The van der Waals surface area contributed by atoms with Crippen molar-refractivity contribution in [3.63, 3.8) is 0 Å². The van der Waals surface area contributed by atoms with Crippen LogP contribution in [0.1, 0.15) is 33.3 Å². The van der Waals surface area contributed by atoms with E-state index in [-0.39, 0.29) is 18.0 Å². The van der Waals surface area contributed by atoms with Crippen LogP contribution in [0.15, 0.2) is 30.3 Å². The first-order valence-corrected chi connectivity index (χ1v) is 8.23. The Kier molecular flexibility index (Phi) is 8.13. The van der Waals surface area contributed by atoms with E-state index in [1.165, 1.54) is 5.56 Å². The molecule has 0 aliphatic heterocycles. The summed E-state index contributed by atoms with van der Waals surface area (Å²) in [6, 6.07) is 10.8. The molecule has 1 rings (SSSR count). The number of nitrogens with two attached hydrogens (primary N) is 1. The Balaban J connectivity index is 2.61. The van der Waals surface area contributed by atoms with Crippen LogP contribution in [-0.4, -0.2) is 54.0 Å². The van der Waals surface area contributed by atoms with E-state index in [0.717, 1.165) is 19.5 Å². The summed E-state index contributed by atoms with van der Waals surface area (Å²) in [6.07, 6.45) is 0.942.